The molecule has 1 saturated carbocycles. The maximum absolute atomic E-state index is 4.28. The Bertz CT molecular complexity index is 497. The molecule has 0 aromatic carbocycles. The van der Waals surface area contributed by atoms with Crippen molar-refractivity contribution in [3.05, 3.63) is 30.6 Å². The van der Waals surface area contributed by atoms with Crippen LogP contribution in [0.15, 0.2) is 30.6 Å². The van der Waals surface area contributed by atoms with Crippen LogP contribution in [-0.2, 0) is 0 Å². The second-order valence-electron chi connectivity index (χ2n) is 5.08. The van der Waals surface area contributed by atoms with Gasteiger partial charge in [0.05, 0.1) is 0 Å². The summed E-state index contributed by atoms with van der Waals surface area (Å²) in [5.74, 6) is 1.14. The summed E-state index contributed by atoms with van der Waals surface area (Å²) in [6.07, 6.45) is 7.92. The summed E-state index contributed by atoms with van der Waals surface area (Å²) in [7, 11) is 0. The number of imidazole rings is 1. The summed E-state index contributed by atoms with van der Waals surface area (Å²) in [6, 6.07) is 6.18. The molecule has 0 radical (unpaired) electrons. The third kappa shape index (κ3) is 1.56. The molecular formula is C13H17N3. The number of hydrogen-bond acceptors (Lipinski definition) is 2. The Balaban J connectivity index is 1.81. The SMILES string of the molecule is CC1(CNc2cccc3nccn23)CCC1. The molecule has 16 heavy (non-hydrogen) atoms. The van der Waals surface area contributed by atoms with E-state index >= 15 is 0 Å². The van der Waals surface area contributed by atoms with Crippen molar-refractivity contribution >= 4 is 11.5 Å². The maximum Gasteiger partial charge on any atom is 0.138 e. The van der Waals surface area contributed by atoms with E-state index in [-0.39, 0.29) is 0 Å². The van der Waals surface area contributed by atoms with E-state index in [4.69, 9.17) is 0 Å². The number of nitrogens with one attached hydrogen (secondary N) is 1. The van der Waals surface area contributed by atoms with Gasteiger partial charge in [-0.05, 0) is 30.4 Å². The van der Waals surface area contributed by atoms with Crippen LogP contribution in [0.3, 0.4) is 0 Å². The quantitative estimate of drug-likeness (QED) is 0.853. The van der Waals surface area contributed by atoms with Crippen LogP contribution in [0.2, 0.25) is 0 Å². The van der Waals surface area contributed by atoms with Gasteiger partial charge >= 0.3 is 0 Å². The van der Waals surface area contributed by atoms with Crippen molar-refractivity contribution in [2.45, 2.75) is 26.2 Å². The number of anilines is 1. The summed E-state index contributed by atoms with van der Waals surface area (Å²) in [5, 5.41) is 3.54. The first kappa shape index (κ1) is 9.70. The van der Waals surface area contributed by atoms with Gasteiger partial charge in [-0.1, -0.05) is 19.4 Å². The average molecular weight is 215 g/mol. The van der Waals surface area contributed by atoms with Crippen molar-refractivity contribution < 1.29 is 0 Å². The Labute approximate surface area is 95.5 Å². The first-order valence-corrected chi connectivity index (χ1v) is 5.93. The zero-order valence-corrected chi connectivity index (χ0v) is 9.61. The lowest BCUT2D eigenvalue weighted by Crippen LogP contribution is -2.33. The molecule has 0 amide bonds. The molecule has 84 valence electrons. The van der Waals surface area contributed by atoms with Crippen LogP contribution in [0, 0.1) is 5.41 Å². The van der Waals surface area contributed by atoms with Crippen molar-refractivity contribution in [2.24, 2.45) is 5.41 Å². The van der Waals surface area contributed by atoms with Crippen LogP contribution in [0.4, 0.5) is 5.82 Å². The monoisotopic (exact) mass is 215 g/mol. The Kier molecular flexibility index (Phi) is 2.13. The van der Waals surface area contributed by atoms with Crippen molar-refractivity contribution in [3.63, 3.8) is 0 Å². The molecule has 0 unspecified atom stereocenters. The normalized spacial score (nSPS) is 18.3. The fourth-order valence-electron chi connectivity index (χ4n) is 2.35. The van der Waals surface area contributed by atoms with Gasteiger partial charge in [0, 0.05) is 18.9 Å². The molecule has 0 spiro atoms. The molecule has 2 aromatic rings. The molecular weight excluding hydrogens is 198 g/mol. The van der Waals surface area contributed by atoms with Crippen molar-refractivity contribution in [1.82, 2.24) is 9.38 Å². The largest absolute Gasteiger partial charge is 0.371 e. The zero-order chi connectivity index (χ0) is 11.0. The highest BCUT2D eigenvalue weighted by atomic mass is 15.1. The van der Waals surface area contributed by atoms with Gasteiger partial charge in [-0.25, -0.2) is 4.98 Å². The summed E-state index contributed by atoms with van der Waals surface area (Å²) in [6.45, 7) is 3.42. The predicted octanol–water partition coefficient (Wildman–Crippen LogP) is 2.94. The highest BCUT2D eigenvalue weighted by Crippen LogP contribution is 2.40. The van der Waals surface area contributed by atoms with E-state index < -0.39 is 0 Å². The minimum Gasteiger partial charge on any atom is -0.371 e. The first-order valence-electron chi connectivity index (χ1n) is 5.93. The number of nitrogens with zero attached hydrogens (tertiary/aromatic N) is 2. The Morgan fingerprint density at radius 1 is 1.44 bits per heavy atom. The number of fused-ring (bicyclic) bond motifs is 1. The number of rotatable bonds is 3. The Morgan fingerprint density at radius 2 is 2.31 bits per heavy atom. The lowest BCUT2D eigenvalue weighted by Gasteiger charge is -2.38. The minimum atomic E-state index is 0.503. The van der Waals surface area contributed by atoms with Gasteiger partial charge in [0.1, 0.15) is 11.5 Å². The van der Waals surface area contributed by atoms with Crippen LogP contribution in [-0.4, -0.2) is 15.9 Å². The standard InChI is InChI=1S/C13H17N3/c1-13(6-3-7-13)10-15-12-5-2-4-11-14-8-9-16(11)12/h2,4-5,8-9,15H,3,6-7,10H2,1H3. The van der Waals surface area contributed by atoms with E-state index in [1.54, 1.807) is 0 Å². The van der Waals surface area contributed by atoms with Crippen LogP contribution >= 0.6 is 0 Å². The van der Waals surface area contributed by atoms with E-state index in [2.05, 4.69) is 27.7 Å². The van der Waals surface area contributed by atoms with E-state index in [0.29, 0.717) is 5.41 Å². The third-order valence-electron chi connectivity index (χ3n) is 3.69. The van der Waals surface area contributed by atoms with Crippen LogP contribution < -0.4 is 5.32 Å². The Morgan fingerprint density at radius 3 is 3.06 bits per heavy atom. The molecule has 3 heteroatoms. The van der Waals surface area contributed by atoms with Crippen LogP contribution in [0.25, 0.3) is 5.65 Å². The van der Waals surface area contributed by atoms with Crippen LogP contribution in [0.5, 0.6) is 0 Å². The summed E-state index contributed by atoms with van der Waals surface area (Å²) in [4.78, 5) is 4.28. The topological polar surface area (TPSA) is 29.3 Å². The summed E-state index contributed by atoms with van der Waals surface area (Å²) in [5.41, 5.74) is 1.51. The van der Waals surface area contributed by atoms with Gasteiger partial charge in [0.15, 0.2) is 0 Å². The summed E-state index contributed by atoms with van der Waals surface area (Å²) < 4.78 is 2.10. The zero-order valence-electron chi connectivity index (χ0n) is 9.61. The van der Waals surface area contributed by atoms with E-state index in [1.807, 2.05) is 24.5 Å². The second kappa shape index (κ2) is 3.51. The molecule has 0 aliphatic heterocycles. The van der Waals surface area contributed by atoms with Gasteiger partial charge in [-0.15, -0.1) is 0 Å². The number of aromatic nitrogens is 2. The molecule has 1 N–H and O–H groups in total. The molecule has 0 saturated heterocycles. The molecule has 3 nitrogen and oxygen atoms in total. The minimum absolute atomic E-state index is 0.503. The molecule has 1 fully saturated rings. The molecule has 1 aliphatic rings. The van der Waals surface area contributed by atoms with E-state index in [1.165, 1.54) is 19.3 Å². The van der Waals surface area contributed by atoms with Gasteiger partial charge in [0.25, 0.3) is 0 Å². The van der Waals surface area contributed by atoms with Gasteiger partial charge in [-0.2, -0.15) is 0 Å². The number of hydrogen-bond donors (Lipinski definition) is 1. The first-order chi connectivity index (χ1) is 7.77. The summed E-state index contributed by atoms with van der Waals surface area (Å²) >= 11 is 0. The fourth-order valence-corrected chi connectivity index (χ4v) is 2.35. The lowest BCUT2D eigenvalue weighted by atomic mass is 9.70. The highest BCUT2D eigenvalue weighted by Gasteiger charge is 2.31. The van der Waals surface area contributed by atoms with Crippen molar-refractivity contribution in [1.29, 1.82) is 0 Å². The molecule has 0 bridgehead atoms. The molecule has 2 aromatic heterocycles. The van der Waals surface area contributed by atoms with Crippen molar-refractivity contribution in [3.8, 4) is 0 Å². The smallest absolute Gasteiger partial charge is 0.138 e. The molecule has 0 atom stereocenters. The molecule has 3 rings (SSSR count). The highest BCUT2D eigenvalue weighted by molar-refractivity contribution is 5.49. The maximum atomic E-state index is 4.28. The van der Waals surface area contributed by atoms with E-state index in [0.717, 1.165) is 18.0 Å². The van der Waals surface area contributed by atoms with Crippen molar-refractivity contribution in [2.75, 3.05) is 11.9 Å². The van der Waals surface area contributed by atoms with Gasteiger partial charge in [-0.3, -0.25) is 4.40 Å². The second-order valence-corrected chi connectivity index (χ2v) is 5.08. The molecule has 1 aliphatic carbocycles. The third-order valence-corrected chi connectivity index (χ3v) is 3.69. The van der Waals surface area contributed by atoms with E-state index in [9.17, 15) is 0 Å². The lowest BCUT2D eigenvalue weighted by molar-refractivity contribution is 0.179. The van der Waals surface area contributed by atoms with Gasteiger partial charge in [0.2, 0.25) is 0 Å². The number of pyridine rings is 1. The predicted molar refractivity (Wildman–Crippen MR) is 65.6 cm³/mol. The van der Waals surface area contributed by atoms with Gasteiger partial charge < -0.3 is 5.32 Å². The van der Waals surface area contributed by atoms with Crippen LogP contribution in [0.1, 0.15) is 26.2 Å². The molecule has 2 heterocycles. The fraction of sp³-hybridized carbons (Fsp3) is 0.462. The average Bonchev–Trinajstić information content (AvgIpc) is 2.72. The Hall–Kier alpha value is -1.51.